The number of anilines is 2. The summed E-state index contributed by atoms with van der Waals surface area (Å²) < 4.78 is 0. The Morgan fingerprint density at radius 1 is 1.07 bits per heavy atom. The van der Waals surface area contributed by atoms with E-state index in [9.17, 15) is 0 Å². The van der Waals surface area contributed by atoms with E-state index in [0.717, 1.165) is 37.1 Å². The minimum absolute atomic E-state index is 0.179. The number of nitrogens with zero attached hydrogens (tertiary/aromatic N) is 2. The van der Waals surface area contributed by atoms with Crippen molar-refractivity contribution >= 4 is 28.8 Å². The van der Waals surface area contributed by atoms with E-state index in [1.165, 1.54) is 50.5 Å². The molecule has 4 rings (SSSR count). The molecular weight excluding hydrogens is 388 g/mol. The van der Waals surface area contributed by atoms with E-state index in [0.29, 0.717) is 5.11 Å². The summed E-state index contributed by atoms with van der Waals surface area (Å²) in [5.41, 5.74) is 2.56. The van der Waals surface area contributed by atoms with E-state index in [1.54, 1.807) is 0 Å². The Labute approximate surface area is 186 Å². The maximum Gasteiger partial charge on any atom is 0.170 e. The lowest BCUT2D eigenvalue weighted by atomic mass is 9.69. The lowest BCUT2D eigenvalue weighted by Gasteiger charge is -2.38. The predicted octanol–water partition coefficient (Wildman–Crippen LogP) is 5.51. The van der Waals surface area contributed by atoms with Crippen molar-refractivity contribution in [2.45, 2.75) is 57.3 Å². The molecule has 0 radical (unpaired) electrons. The van der Waals surface area contributed by atoms with Crippen LogP contribution in [0.2, 0.25) is 0 Å². The molecule has 2 aromatic rings. The average Bonchev–Trinajstić information content (AvgIpc) is 2.80. The highest BCUT2D eigenvalue weighted by Gasteiger charge is 2.33. The first kappa shape index (κ1) is 21.1. The third-order valence-corrected chi connectivity index (χ3v) is 7.14. The van der Waals surface area contributed by atoms with Crippen LogP contribution < -0.4 is 15.5 Å². The average molecular weight is 423 g/mol. The summed E-state index contributed by atoms with van der Waals surface area (Å²) in [5.74, 6) is 1.89. The molecule has 4 nitrogen and oxygen atoms in total. The highest BCUT2D eigenvalue weighted by atomic mass is 32.1. The van der Waals surface area contributed by atoms with Crippen LogP contribution >= 0.6 is 12.2 Å². The summed E-state index contributed by atoms with van der Waals surface area (Å²) in [6.45, 7) is 5.41. The normalized spacial score (nSPS) is 19.3. The van der Waals surface area contributed by atoms with Crippen molar-refractivity contribution in [1.82, 2.24) is 10.3 Å². The topological polar surface area (TPSA) is 40.2 Å². The molecule has 0 spiro atoms. The van der Waals surface area contributed by atoms with Gasteiger partial charge in [0.2, 0.25) is 0 Å². The lowest BCUT2D eigenvalue weighted by molar-refractivity contribution is 0.292. The number of hydrogen-bond acceptors (Lipinski definition) is 3. The van der Waals surface area contributed by atoms with Gasteiger partial charge in [0.15, 0.2) is 5.11 Å². The van der Waals surface area contributed by atoms with Crippen molar-refractivity contribution in [3.05, 3.63) is 54.2 Å². The number of benzene rings is 1. The van der Waals surface area contributed by atoms with E-state index >= 15 is 0 Å². The molecule has 1 aromatic carbocycles. The number of rotatable bonds is 5. The van der Waals surface area contributed by atoms with Gasteiger partial charge in [0.1, 0.15) is 5.82 Å². The molecular formula is C25H34N4S. The first-order valence-electron chi connectivity index (χ1n) is 11.5. The van der Waals surface area contributed by atoms with Gasteiger partial charge >= 0.3 is 0 Å². The van der Waals surface area contributed by atoms with E-state index in [-0.39, 0.29) is 5.41 Å². The second-order valence-electron chi connectivity index (χ2n) is 9.09. The Kier molecular flexibility index (Phi) is 6.88. The summed E-state index contributed by atoms with van der Waals surface area (Å²) in [4.78, 5) is 7.05. The molecule has 1 aliphatic carbocycles. The predicted molar refractivity (Wildman–Crippen MR) is 130 cm³/mol. The van der Waals surface area contributed by atoms with Gasteiger partial charge < -0.3 is 15.5 Å². The van der Waals surface area contributed by atoms with Crippen LogP contribution in [0, 0.1) is 5.92 Å². The standard InChI is InChI=1S/C25H34N4S/c1-20-12-16-29(17-13-20)23-11-10-22(18-26-23)28-24(30)27-19-25(14-6-3-7-15-25)21-8-4-2-5-9-21/h2,4-5,8-11,18,20H,3,6-7,12-17,19H2,1H3,(H2,27,28,30). The Balaban J connectivity index is 1.34. The molecule has 0 amide bonds. The maximum absolute atomic E-state index is 5.61. The van der Waals surface area contributed by atoms with Crippen molar-refractivity contribution in [3.63, 3.8) is 0 Å². The third kappa shape index (κ3) is 5.12. The number of pyridine rings is 1. The fourth-order valence-electron chi connectivity index (χ4n) is 4.90. The first-order valence-corrected chi connectivity index (χ1v) is 11.9. The minimum atomic E-state index is 0.179. The Morgan fingerprint density at radius 2 is 1.80 bits per heavy atom. The zero-order valence-electron chi connectivity index (χ0n) is 18.1. The molecule has 0 unspecified atom stereocenters. The van der Waals surface area contributed by atoms with Gasteiger partial charge in [-0.25, -0.2) is 4.98 Å². The molecule has 0 atom stereocenters. The number of aromatic nitrogens is 1. The number of hydrogen-bond donors (Lipinski definition) is 2. The number of piperidine rings is 1. The van der Waals surface area contributed by atoms with Crippen molar-refractivity contribution in [2.75, 3.05) is 29.9 Å². The summed E-state index contributed by atoms with van der Waals surface area (Å²) in [7, 11) is 0. The van der Waals surface area contributed by atoms with Gasteiger partial charge in [-0.15, -0.1) is 0 Å². The fraction of sp³-hybridized carbons (Fsp3) is 0.520. The first-order chi connectivity index (χ1) is 14.6. The van der Waals surface area contributed by atoms with Crippen molar-refractivity contribution in [3.8, 4) is 0 Å². The molecule has 1 aliphatic heterocycles. The molecule has 1 saturated carbocycles. The van der Waals surface area contributed by atoms with Crippen LogP contribution in [-0.2, 0) is 5.41 Å². The van der Waals surface area contributed by atoms with Crippen LogP contribution in [0.1, 0.15) is 57.4 Å². The molecule has 2 heterocycles. The minimum Gasteiger partial charge on any atom is -0.362 e. The van der Waals surface area contributed by atoms with Crippen LogP contribution in [0.4, 0.5) is 11.5 Å². The van der Waals surface area contributed by atoms with Crippen molar-refractivity contribution < 1.29 is 0 Å². The van der Waals surface area contributed by atoms with Gasteiger partial charge in [-0.05, 0) is 61.5 Å². The molecule has 2 N–H and O–H groups in total. The van der Waals surface area contributed by atoms with Crippen LogP contribution in [-0.4, -0.2) is 29.7 Å². The van der Waals surface area contributed by atoms with Crippen molar-refractivity contribution in [2.24, 2.45) is 5.92 Å². The molecule has 1 saturated heterocycles. The van der Waals surface area contributed by atoms with E-state index in [2.05, 4.69) is 69.9 Å². The van der Waals surface area contributed by atoms with Gasteiger partial charge in [-0.1, -0.05) is 56.5 Å². The Morgan fingerprint density at radius 3 is 2.47 bits per heavy atom. The number of nitrogens with one attached hydrogen (secondary N) is 2. The van der Waals surface area contributed by atoms with E-state index < -0.39 is 0 Å². The monoisotopic (exact) mass is 422 g/mol. The van der Waals surface area contributed by atoms with E-state index in [1.807, 2.05) is 6.20 Å². The van der Waals surface area contributed by atoms with Gasteiger partial charge in [-0.3, -0.25) is 0 Å². The molecule has 160 valence electrons. The summed E-state index contributed by atoms with van der Waals surface area (Å²) in [6, 6.07) is 15.1. The Bertz CT molecular complexity index is 807. The summed E-state index contributed by atoms with van der Waals surface area (Å²) >= 11 is 5.61. The van der Waals surface area contributed by atoms with Crippen LogP contribution in [0.5, 0.6) is 0 Å². The highest BCUT2D eigenvalue weighted by Crippen LogP contribution is 2.38. The SMILES string of the molecule is CC1CCN(c2ccc(NC(=S)NCC3(c4ccccc4)CCCCC3)cn2)CC1. The zero-order valence-corrected chi connectivity index (χ0v) is 18.9. The molecule has 30 heavy (non-hydrogen) atoms. The number of thiocarbonyl (C=S) groups is 1. The summed E-state index contributed by atoms with van der Waals surface area (Å²) in [6.07, 6.45) is 10.8. The Hall–Kier alpha value is -2.14. The largest absolute Gasteiger partial charge is 0.362 e. The van der Waals surface area contributed by atoms with Gasteiger partial charge in [-0.2, -0.15) is 0 Å². The smallest absolute Gasteiger partial charge is 0.170 e. The molecule has 1 aromatic heterocycles. The lowest BCUT2D eigenvalue weighted by Crippen LogP contribution is -2.43. The van der Waals surface area contributed by atoms with Crippen LogP contribution in [0.3, 0.4) is 0 Å². The molecule has 5 heteroatoms. The molecule has 2 fully saturated rings. The van der Waals surface area contributed by atoms with Gasteiger partial charge in [0.05, 0.1) is 11.9 Å². The quantitative estimate of drug-likeness (QED) is 0.622. The van der Waals surface area contributed by atoms with Gasteiger partial charge in [0.25, 0.3) is 0 Å². The van der Waals surface area contributed by atoms with Gasteiger partial charge in [0, 0.05) is 25.0 Å². The van der Waals surface area contributed by atoms with Crippen LogP contribution in [0.25, 0.3) is 0 Å². The van der Waals surface area contributed by atoms with Crippen molar-refractivity contribution in [1.29, 1.82) is 0 Å². The van der Waals surface area contributed by atoms with E-state index in [4.69, 9.17) is 12.2 Å². The highest BCUT2D eigenvalue weighted by molar-refractivity contribution is 7.80. The molecule has 0 bridgehead atoms. The second-order valence-corrected chi connectivity index (χ2v) is 9.50. The summed E-state index contributed by atoms with van der Waals surface area (Å²) in [5, 5.41) is 7.51. The third-order valence-electron chi connectivity index (χ3n) is 6.90. The second kappa shape index (κ2) is 9.78. The maximum atomic E-state index is 5.61. The fourth-order valence-corrected chi connectivity index (χ4v) is 5.09. The zero-order chi connectivity index (χ0) is 20.8. The molecule has 2 aliphatic rings. The van der Waals surface area contributed by atoms with Crippen LogP contribution in [0.15, 0.2) is 48.7 Å².